The van der Waals surface area contributed by atoms with Crippen LogP contribution in [0.4, 0.5) is 5.69 Å². The summed E-state index contributed by atoms with van der Waals surface area (Å²) in [5.41, 5.74) is 9.00. The molecular weight excluding hydrogens is 214 g/mol. The summed E-state index contributed by atoms with van der Waals surface area (Å²) in [4.78, 5) is 11.7. The molecule has 3 nitrogen and oxygen atoms in total. The van der Waals surface area contributed by atoms with Crippen LogP contribution in [-0.4, -0.2) is 5.97 Å². The van der Waals surface area contributed by atoms with Crippen molar-refractivity contribution in [2.75, 3.05) is 0 Å². The molecule has 0 aromatic heterocycles. The monoisotopic (exact) mass is 226 g/mol. The molecular formula is C14H12NO2. The fourth-order valence-electron chi connectivity index (χ4n) is 1.46. The number of esters is 1. The smallest absolute Gasteiger partial charge is 0.340 e. The van der Waals surface area contributed by atoms with Crippen LogP contribution < -0.4 is 5.73 Å². The Balaban J connectivity index is 2.01. The second-order valence-electron chi connectivity index (χ2n) is 3.61. The molecule has 1 N–H and O–H groups in total. The Morgan fingerprint density at radius 3 is 2.35 bits per heavy atom. The number of rotatable bonds is 3. The van der Waals surface area contributed by atoms with Crippen molar-refractivity contribution in [2.24, 2.45) is 0 Å². The van der Waals surface area contributed by atoms with Crippen molar-refractivity contribution in [3.8, 4) is 0 Å². The highest BCUT2D eigenvalue weighted by Gasteiger charge is 2.10. The summed E-state index contributed by atoms with van der Waals surface area (Å²) >= 11 is 0. The third-order valence-corrected chi connectivity index (χ3v) is 2.36. The number of nitrogens with one attached hydrogen (secondary N) is 1. The Kier molecular flexibility index (Phi) is 3.40. The molecule has 0 bridgehead atoms. The maximum absolute atomic E-state index is 11.7. The highest BCUT2D eigenvalue weighted by Crippen LogP contribution is 2.14. The summed E-state index contributed by atoms with van der Waals surface area (Å²) in [7, 11) is 0. The number of carbonyl (C=O) groups is 1. The zero-order chi connectivity index (χ0) is 12.1. The average Bonchev–Trinajstić information content (AvgIpc) is 2.38. The van der Waals surface area contributed by atoms with Crippen molar-refractivity contribution in [3.05, 3.63) is 65.7 Å². The molecule has 0 amide bonds. The SMILES string of the molecule is [NH]c1ccccc1C(=O)OCc1ccccc1. The Labute approximate surface area is 99.8 Å². The fourth-order valence-corrected chi connectivity index (χ4v) is 1.46. The molecule has 0 saturated carbocycles. The fraction of sp³-hybridized carbons (Fsp3) is 0.0714. The highest BCUT2D eigenvalue weighted by atomic mass is 16.5. The summed E-state index contributed by atoms with van der Waals surface area (Å²) in [6.45, 7) is 0.230. The molecule has 0 spiro atoms. The second-order valence-corrected chi connectivity index (χ2v) is 3.61. The predicted molar refractivity (Wildman–Crippen MR) is 64.8 cm³/mol. The van der Waals surface area contributed by atoms with E-state index in [0.717, 1.165) is 5.56 Å². The van der Waals surface area contributed by atoms with Gasteiger partial charge in [0.25, 0.3) is 0 Å². The van der Waals surface area contributed by atoms with Crippen molar-refractivity contribution in [1.29, 1.82) is 0 Å². The van der Waals surface area contributed by atoms with E-state index in [0.29, 0.717) is 5.56 Å². The van der Waals surface area contributed by atoms with Crippen LogP contribution in [0.25, 0.3) is 0 Å². The van der Waals surface area contributed by atoms with E-state index in [1.807, 2.05) is 30.3 Å². The van der Waals surface area contributed by atoms with Gasteiger partial charge in [-0.2, -0.15) is 0 Å². The maximum atomic E-state index is 11.7. The van der Waals surface area contributed by atoms with Crippen LogP contribution in [0.2, 0.25) is 0 Å². The molecule has 1 radical (unpaired) electrons. The van der Waals surface area contributed by atoms with Gasteiger partial charge >= 0.3 is 5.97 Å². The summed E-state index contributed by atoms with van der Waals surface area (Å²) < 4.78 is 5.14. The van der Waals surface area contributed by atoms with Crippen molar-refractivity contribution in [3.63, 3.8) is 0 Å². The summed E-state index contributed by atoms with van der Waals surface area (Å²) in [5, 5.41) is 0. The van der Waals surface area contributed by atoms with E-state index in [2.05, 4.69) is 0 Å². The van der Waals surface area contributed by atoms with Gasteiger partial charge in [-0.1, -0.05) is 42.5 Å². The van der Waals surface area contributed by atoms with Crippen molar-refractivity contribution >= 4 is 11.7 Å². The van der Waals surface area contributed by atoms with E-state index in [4.69, 9.17) is 10.5 Å². The van der Waals surface area contributed by atoms with Crippen LogP contribution in [0, 0.1) is 0 Å². The number of carbonyl (C=O) groups excluding carboxylic acids is 1. The molecule has 2 aromatic rings. The van der Waals surface area contributed by atoms with Crippen molar-refractivity contribution < 1.29 is 9.53 Å². The lowest BCUT2D eigenvalue weighted by molar-refractivity contribution is 0.0473. The van der Waals surface area contributed by atoms with Crippen molar-refractivity contribution in [2.45, 2.75) is 6.61 Å². The number of hydrogen-bond acceptors (Lipinski definition) is 2. The zero-order valence-corrected chi connectivity index (χ0v) is 9.22. The lowest BCUT2D eigenvalue weighted by Gasteiger charge is -2.06. The van der Waals surface area contributed by atoms with Gasteiger partial charge in [-0.05, 0) is 17.7 Å². The maximum Gasteiger partial charge on any atom is 0.340 e. The van der Waals surface area contributed by atoms with Crippen LogP contribution in [0.3, 0.4) is 0 Å². The molecule has 0 atom stereocenters. The molecule has 2 aromatic carbocycles. The topological polar surface area (TPSA) is 50.1 Å². The Bertz CT molecular complexity index is 509. The van der Waals surface area contributed by atoms with Gasteiger partial charge in [0.05, 0.1) is 11.3 Å². The summed E-state index contributed by atoms with van der Waals surface area (Å²) in [6.07, 6.45) is 0. The van der Waals surface area contributed by atoms with Gasteiger partial charge in [-0.25, -0.2) is 4.79 Å². The van der Waals surface area contributed by atoms with E-state index in [-0.39, 0.29) is 12.3 Å². The number of hydrogen-bond donors (Lipinski definition) is 0. The number of benzene rings is 2. The minimum absolute atomic E-state index is 0.186. The molecule has 2 rings (SSSR count). The summed E-state index contributed by atoms with van der Waals surface area (Å²) in [6, 6.07) is 16.1. The van der Waals surface area contributed by atoms with Gasteiger partial charge < -0.3 is 10.5 Å². The van der Waals surface area contributed by atoms with Crippen LogP contribution >= 0.6 is 0 Å². The van der Waals surface area contributed by atoms with Gasteiger partial charge in [0.15, 0.2) is 0 Å². The largest absolute Gasteiger partial charge is 0.457 e. The molecule has 85 valence electrons. The minimum atomic E-state index is -0.459. The van der Waals surface area contributed by atoms with Crippen molar-refractivity contribution in [1.82, 2.24) is 5.73 Å². The Hall–Kier alpha value is -2.29. The molecule has 0 saturated heterocycles. The molecule has 0 unspecified atom stereocenters. The third kappa shape index (κ3) is 2.84. The van der Waals surface area contributed by atoms with E-state index in [1.54, 1.807) is 24.3 Å². The standard InChI is InChI=1S/C14H12NO2/c15-13-9-5-4-8-12(13)14(16)17-10-11-6-2-1-3-7-11/h1-9,15H,10H2. The van der Waals surface area contributed by atoms with E-state index < -0.39 is 5.97 Å². The first kappa shape index (κ1) is 11.2. The van der Waals surface area contributed by atoms with Gasteiger partial charge in [-0.15, -0.1) is 0 Å². The molecule has 0 aliphatic rings. The van der Waals surface area contributed by atoms with Gasteiger partial charge in [0.1, 0.15) is 6.61 Å². The highest BCUT2D eigenvalue weighted by molar-refractivity contribution is 5.94. The Morgan fingerprint density at radius 2 is 1.65 bits per heavy atom. The van der Waals surface area contributed by atoms with Gasteiger partial charge in [-0.3, -0.25) is 0 Å². The van der Waals surface area contributed by atoms with Crippen LogP contribution in [0.1, 0.15) is 15.9 Å². The molecule has 0 heterocycles. The van der Waals surface area contributed by atoms with E-state index in [9.17, 15) is 4.79 Å². The number of ether oxygens (including phenoxy) is 1. The quantitative estimate of drug-likeness (QED) is 0.755. The lowest BCUT2D eigenvalue weighted by atomic mass is 10.2. The van der Waals surface area contributed by atoms with Crippen LogP contribution in [0.15, 0.2) is 54.6 Å². The average molecular weight is 226 g/mol. The van der Waals surface area contributed by atoms with E-state index >= 15 is 0 Å². The normalized spacial score (nSPS) is 9.88. The molecule has 3 heteroatoms. The third-order valence-electron chi connectivity index (χ3n) is 2.36. The zero-order valence-electron chi connectivity index (χ0n) is 9.22. The van der Waals surface area contributed by atoms with Gasteiger partial charge in [0, 0.05) is 0 Å². The van der Waals surface area contributed by atoms with Crippen LogP contribution in [0.5, 0.6) is 0 Å². The predicted octanol–water partition coefficient (Wildman–Crippen LogP) is 2.96. The first-order valence-electron chi connectivity index (χ1n) is 5.29. The molecule has 0 fully saturated rings. The first-order valence-corrected chi connectivity index (χ1v) is 5.29. The molecule has 0 aliphatic carbocycles. The first-order chi connectivity index (χ1) is 8.27. The molecule has 0 aliphatic heterocycles. The lowest BCUT2D eigenvalue weighted by Crippen LogP contribution is -2.05. The van der Waals surface area contributed by atoms with Gasteiger partial charge in [0.2, 0.25) is 0 Å². The summed E-state index contributed by atoms with van der Waals surface area (Å²) in [5.74, 6) is -0.459. The second kappa shape index (κ2) is 5.16. The van der Waals surface area contributed by atoms with Crippen LogP contribution in [-0.2, 0) is 11.3 Å². The molecule has 17 heavy (non-hydrogen) atoms. The Morgan fingerprint density at radius 1 is 1.00 bits per heavy atom. The van der Waals surface area contributed by atoms with E-state index in [1.165, 1.54) is 0 Å². The minimum Gasteiger partial charge on any atom is -0.457 e.